The maximum Gasteiger partial charge on any atom is 0.227 e. The Balaban J connectivity index is 1.78. The monoisotopic (exact) mass is 383 g/mol. The first-order valence-corrected chi connectivity index (χ1v) is 9.49. The lowest BCUT2D eigenvalue weighted by molar-refractivity contribution is -0.121. The molecule has 1 atom stereocenters. The van der Waals surface area contributed by atoms with Crippen LogP contribution in [-0.2, 0) is 16.0 Å². The zero-order chi connectivity index (χ0) is 19.8. The Kier molecular flexibility index (Phi) is 4.75. The summed E-state index contributed by atoms with van der Waals surface area (Å²) in [6, 6.07) is 2.98. The lowest BCUT2D eigenvalue weighted by Crippen LogP contribution is -2.32. The standard InChI is InChI=1S/C21H22FN3O3/c1-3-19(26)24-17-6-7-28-21-14(10-23-11-15(17)21)13-8-12-4-5-20(27)25(2)18(12)9-16(13)22/h8-11,17H,3-7H2,1-2H3,(H,24,26)/t17-/m1/s1. The molecule has 0 saturated heterocycles. The van der Waals surface area contributed by atoms with Gasteiger partial charge in [0.25, 0.3) is 0 Å². The third kappa shape index (κ3) is 3.10. The number of carbonyl (C=O) groups excluding carboxylic acids is 2. The van der Waals surface area contributed by atoms with Gasteiger partial charge >= 0.3 is 0 Å². The number of ether oxygens (including phenoxy) is 1. The van der Waals surface area contributed by atoms with Crippen molar-refractivity contribution in [3.8, 4) is 16.9 Å². The van der Waals surface area contributed by atoms with Gasteiger partial charge in [-0.1, -0.05) is 6.92 Å². The number of aryl methyl sites for hydroxylation is 1. The van der Waals surface area contributed by atoms with Crippen molar-refractivity contribution in [3.63, 3.8) is 0 Å². The molecule has 7 heteroatoms. The quantitative estimate of drug-likeness (QED) is 0.884. The van der Waals surface area contributed by atoms with Crippen LogP contribution in [0.2, 0.25) is 0 Å². The predicted molar refractivity (Wildman–Crippen MR) is 103 cm³/mol. The molecule has 0 bridgehead atoms. The van der Waals surface area contributed by atoms with Gasteiger partial charge in [0.05, 0.1) is 12.6 Å². The second-order valence-electron chi connectivity index (χ2n) is 7.13. The van der Waals surface area contributed by atoms with Crippen molar-refractivity contribution in [1.82, 2.24) is 10.3 Å². The lowest BCUT2D eigenvalue weighted by Gasteiger charge is -2.29. The van der Waals surface area contributed by atoms with Crippen LogP contribution in [0.3, 0.4) is 0 Å². The fraction of sp³-hybridized carbons (Fsp3) is 0.381. The molecule has 0 radical (unpaired) electrons. The van der Waals surface area contributed by atoms with Gasteiger partial charge in [0, 0.05) is 61.1 Å². The fourth-order valence-electron chi connectivity index (χ4n) is 3.82. The zero-order valence-electron chi connectivity index (χ0n) is 15.9. The highest BCUT2D eigenvalue weighted by Crippen LogP contribution is 2.42. The molecule has 0 fully saturated rings. The minimum atomic E-state index is -0.432. The van der Waals surface area contributed by atoms with E-state index in [1.54, 1.807) is 32.4 Å². The number of anilines is 1. The molecule has 4 rings (SSSR count). The van der Waals surface area contributed by atoms with Crippen LogP contribution >= 0.6 is 0 Å². The molecular formula is C21H22FN3O3. The number of benzene rings is 1. The Hall–Kier alpha value is -2.96. The van der Waals surface area contributed by atoms with E-state index in [1.165, 1.54) is 11.0 Å². The molecule has 146 valence electrons. The van der Waals surface area contributed by atoms with Crippen LogP contribution in [-0.4, -0.2) is 30.5 Å². The Labute approximate surface area is 162 Å². The van der Waals surface area contributed by atoms with E-state index in [1.807, 2.05) is 0 Å². The summed E-state index contributed by atoms with van der Waals surface area (Å²) in [5.74, 6) is 0.0627. The van der Waals surface area contributed by atoms with Gasteiger partial charge < -0.3 is 15.0 Å². The molecule has 2 aliphatic rings. The highest BCUT2D eigenvalue weighted by molar-refractivity contribution is 5.96. The Morgan fingerprint density at radius 1 is 1.32 bits per heavy atom. The number of nitrogens with one attached hydrogen (secondary N) is 1. The van der Waals surface area contributed by atoms with Crippen molar-refractivity contribution >= 4 is 17.5 Å². The summed E-state index contributed by atoms with van der Waals surface area (Å²) in [5.41, 5.74) is 3.24. The third-order valence-electron chi connectivity index (χ3n) is 5.41. The van der Waals surface area contributed by atoms with E-state index in [2.05, 4.69) is 10.3 Å². The van der Waals surface area contributed by atoms with Crippen LogP contribution in [0.4, 0.5) is 10.1 Å². The van der Waals surface area contributed by atoms with Crippen LogP contribution < -0.4 is 15.0 Å². The molecule has 0 unspecified atom stereocenters. The molecule has 1 N–H and O–H groups in total. The van der Waals surface area contributed by atoms with Crippen molar-refractivity contribution < 1.29 is 18.7 Å². The first-order chi connectivity index (χ1) is 13.5. The SMILES string of the molecule is CCC(=O)N[C@@H]1CCOc2c(-c3cc4c(cc3F)N(C)C(=O)CC4)cncc21. The number of amides is 2. The topological polar surface area (TPSA) is 71.5 Å². The van der Waals surface area contributed by atoms with Crippen molar-refractivity contribution in [2.45, 2.75) is 38.6 Å². The minimum Gasteiger partial charge on any atom is -0.492 e. The molecule has 0 aliphatic carbocycles. The van der Waals surface area contributed by atoms with E-state index < -0.39 is 5.82 Å². The second-order valence-corrected chi connectivity index (χ2v) is 7.13. The number of pyridine rings is 1. The molecule has 0 spiro atoms. The molecule has 1 aromatic carbocycles. The lowest BCUT2D eigenvalue weighted by atomic mass is 9.93. The van der Waals surface area contributed by atoms with Gasteiger partial charge in [-0.05, 0) is 24.1 Å². The fourth-order valence-corrected chi connectivity index (χ4v) is 3.82. The normalized spacial score (nSPS) is 18.2. The highest BCUT2D eigenvalue weighted by Gasteiger charge is 2.28. The summed E-state index contributed by atoms with van der Waals surface area (Å²) in [5, 5.41) is 2.98. The highest BCUT2D eigenvalue weighted by atomic mass is 19.1. The van der Waals surface area contributed by atoms with E-state index in [-0.39, 0.29) is 17.9 Å². The number of aromatic nitrogens is 1. The predicted octanol–water partition coefficient (Wildman–Crippen LogP) is 3.15. The van der Waals surface area contributed by atoms with E-state index in [0.29, 0.717) is 54.9 Å². The largest absolute Gasteiger partial charge is 0.492 e. The van der Waals surface area contributed by atoms with Crippen LogP contribution in [0.25, 0.3) is 11.1 Å². The Morgan fingerprint density at radius 3 is 2.93 bits per heavy atom. The summed E-state index contributed by atoms with van der Waals surface area (Å²) in [6.45, 7) is 2.23. The van der Waals surface area contributed by atoms with Crippen molar-refractivity contribution in [2.75, 3.05) is 18.6 Å². The molecular weight excluding hydrogens is 361 g/mol. The van der Waals surface area contributed by atoms with Gasteiger partial charge in [-0.3, -0.25) is 14.6 Å². The van der Waals surface area contributed by atoms with Crippen molar-refractivity contribution in [1.29, 1.82) is 0 Å². The number of rotatable bonds is 3. The molecule has 6 nitrogen and oxygen atoms in total. The molecule has 1 aromatic heterocycles. The average molecular weight is 383 g/mol. The first kappa shape index (κ1) is 18.4. The van der Waals surface area contributed by atoms with Gasteiger partial charge in [0.1, 0.15) is 11.6 Å². The molecule has 0 saturated carbocycles. The zero-order valence-corrected chi connectivity index (χ0v) is 15.9. The van der Waals surface area contributed by atoms with Gasteiger partial charge in [-0.2, -0.15) is 0 Å². The first-order valence-electron chi connectivity index (χ1n) is 9.49. The number of fused-ring (bicyclic) bond motifs is 2. The van der Waals surface area contributed by atoms with Crippen LogP contribution in [0.15, 0.2) is 24.5 Å². The average Bonchev–Trinajstić information content (AvgIpc) is 2.71. The van der Waals surface area contributed by atoms with E-state index in [0.717, 1.165) is 11.1 Å². The second kappa shape index (κ2) is 7.22. The van der Waals surface area contributed by atoms with E-state index in [9.17, 15) is 9.59 Å². The number of hydrogen-bond acceptors (Lipinski definition) is 4. The van der Waals surface area contributed by atoms with Crippen LogP contribution in [0.5, 0.6) is 5.75 Å². The smallest absolute Gasteiger partial charge is 0.227 e. The Bertz CT molecular complexity index is 960. The summed E-state index contributed by atoms with van der Waals surface area (Å²) >= 11 is 0. The third-order valence-corrected chi connectivity index (χ3v) is 5.41. The van der Waals surface area contributed by atoms with Crippen molar-refractivity contribution in [3.05, 3.63) is 41.5 Å². The maximum absolute atomic E-state index is 15.0. The summed E-state index contributed by atoms with van der Waals surface area (Å²) in [7, 11) is 1.66. The van der Waals surface area contributed by atoms with Gasteiger partial charge in [-0.15, -0.1) is 0 Å². The summed E-state index contributed by atoms with van der Waals surface area (Å²) in [4.78, 5) is 29.5. The number of hydrogen-bond donors (Lipinski definition) is 1. The molecule has 2 aliphatic heterocycles. The molecule has 28 heavy (non-hydrogen) atoms. The molecule has 2 aromatic rings. The number of carbonyl (C=O) groups is 2. The van der Waals surface area contributed by atoms with Crippen LogP contribution in [0, 0.1) is 5.82 Å². The van der Waals surface area contributed by atoms with E-state index in [4.69, 9.17) is 4.74 Å². The van der Waals surface area contributed by atoms with Crippen molar-refractivity contribution in [2.24, 2.45) is 0 Å². The maximum atomic E-state index is 15.0. The van der Waals surface area contributed by atoms with Gasteiger partial charge in [0.15, 0.2) is 0 Å². The van der Waals surface area contributed by atoms with Gasteiger partial charge in [-0.25, -0.2) is 4.39 Å². The summed E-state index contributed by atoms with van der Waals surface area (Å²) < 4.78 is 20.9. The van der Waals surface area contributed by atoms with Crippen LogP contribution in [0.1, 0.15) is 43.4 Å². The summed E-state index contributed by atoms with van der Waals surface area (Å²) in [6.07, 6.45) is 5.27. The molecule has 3 heterocycles. The van der Waals surface area contributed by atoms with Gasteiger partial charge in [0.2, 0.25) is 11.8 Å². The Morgan fingerprint density at radius 2 is 2.14 bits per heavy atom. The number of halogens is 1. The van der Waals surface area contributed by atoms with E-state index >= 15 is 4.39 Å². The minimum absolute atomic E-state index is 0.0174. The number of nitrogens with zero attached hydrogens (tertiary/aromatic N) is 2. The molecule has 2 amide bonds.